The molecule has 29 heavy (non-hydrogen) atoms. The molecule has 0 spiro atoms. The first kappa shape index (κ1) is 19.8. The third-order valence-electron chi connectivity index (χ3n) is 4.97. The quantitative estimate of drug-likeness (QED) is 0.496. The highest BCUT2D eigenvalue weighted by atomic mass is 35.5. The van der Waals surface area contributed by atoms with E-state index >= 15 is 0 Å². The number of hydroxylamine groups is 3. The standard InChI is InChI=1S/C20H20ClN5O2S/c21-18-6-4-15(29-18)2-1-8-26(28)9-7-25(19(27)12-26)11-14-3-5-16-17(10-14)23-13-24-20(16)22/h1-6,10,13H,7-9,11-12H2,(H2,22,23,24). The zero-order valence-corrected chi connectivity index (χ0v) is 17.2. The maximum atomic E-state index is 12.9. The minimum Gasteiger partial charge on any atom is -0.632 e. The first-order valence-corrected chi connectivity index (χ1v) is 10.4. The van der Waals surface area contributed by atoms with Crippen molar-refractivity contribution in [1.29, 1.82) is 0 Å². The van der Waals surface area contributed by atoms with Crippen molar-refractivity contribution in [2.75, 3.05) is 31.9 Å². The predicted octanol–water partition coefficient (Wildman–Crippen LogP) is 3.30. The van der Waals surface area contributed by atoms with E-state index in [1.807, 2.05) is 42.5 Å². The normalized spacial score (nSPS) is 20.1. The molecule has 1 atom stereocenters. The number of nitrogens with two attached hydrogens (primary N) is 1. The Kier molecular flexibility index (Phi) is 5.51. The van der Waals surface area contributed by atoms with Crippen LogP contribution in [0.2, 0.25) is 4.34 Å². The van der Waals surface area contributed by atoms with Gasteiger partial charge in [0.25, 0.3) is 5.91 Å². The molecule has 0 saturated carbocycles. The lowest BCUT2D eigenvalue weighted by atomic mass is 10.1. The number of hydrogen-bond acceptors (Lipinski definition) is 6. The van der Waals surface area contributed by atoms with Gasteiger partial charge in [-0.25, -0.2) is 9.97 Å². The van der Waals surface area contributed by atoms with Gasteiger partial charge in [-0.05, 0) is 42.0 Å². The molecule has 150 valence electrons. The van der Waals surface area contributed by atoms with Crippen LogP contribution in [0.3, 0.4) is 0 Å². The van der Waals surface area contributed by atoms with Crippen molar-refractivity contribution in [2.24, 2.45) is 0 Å². The molecule has 3 heterocycles. The van der Waals surface area contributed by atoms with E-state index in [4.69, 9.17) is 17.3 Å². The number of fused-ring (bicyclic) bond motifs is 1. The summed E-state index contributed by atoms with van der Waals surface area (Å²) < 4.78 is 0.175. The second-order valence-electron chi connectivity index (χ2n) is 7.09. The number of carbonyl (C=O) groups is 1. The largest absolute Gasteiger partial charge is 0.632 e. The fraction of sp³-hybridized carbons (Fsp3) is 0.250. The molecule has 9 heteroatoms. The topological polar surface area (TPSA) is 95.2 Å². The zero-order valence-electron chi connectivity index (χ0n) is 15.6. The highest BCUT2D eigenvalue weighted by molar-refractivity contribution is 7.16. The van der Waals surface area contributed by atoms with Crippen LogP contribution < -0.4 is 5.73 Å². The maximum Gasteiger partial charge on any atom is 0.278 e. The molecule has 0 radical (unpaired) electrons. The van der Waals surface area contributed by atoms with Crippen LogP contribution in [0, 0.1) is 5.21 Å². The number of anilines is 1. The summed E-state index contributed by atoms with van der Waals surface area (Å²) in [4.78, 5) is 23.5. The van der Waals surface area contributed by atoms with E-state index in [-0.39, 0.29) is 19.0 Å². The van der Waals surface area contributed by atoms with Crippen molar-refractivity contribution in [3.05, 3.63) is 62.7 Å². The van der Waals surface area contributed by atoms with Crippen molar-refractivity contribution < 1.29 is 9.44 Å². The van der Waals surface area contributed by atoms with Crippen LogP contribution in [0.1, 0.15) is 10.4 Å². The SMILES string of the molecule is Nc1ncnc2cc(CN3CC[N+]([O-])(CC=Cc4ccc(Cl)s4)CC3=O)ccc12. The van der Waals surface area contributed by atoms with Crippen molar-refractivity contribution in [2.45, 2.75) is 6.54 Å². The van der Waals surface area contributed by atoms with Crippen molar-refractivity contribution in [3.8, 4) is 0 Å². The van der Waals surface area contributed by atoms with Crippen LogP contribution in [0.5, 0.6) is 0 Å². The van der Waals surface area contributed by atoms with Gasteiger partial charge in [-0.2, -0.15) is 0 Å². The summed E-state index contributed by atoms with van der Waals surface area (Å²) in [5.74, 6) is 0.294. The lowest BCUT2D eigenvalue weighted by Crippen LogP contribution is -2.58. The number of piperazine rings is 1. The van der Waals surface area contributed by atoms with Crippen LogP contribution in [0.4, 0.5) is 5.82 Å². The predicted molar refractivity (Wildman–Crippen MR) is 116 cm³/mol. The Morgan fingerprint density at radius 1 is 1.31 bits per heavy atom. The summed E-state index contributed by atoms with van der Waals surface area (Å²) in [5, 5.41) is 13.7. The number of carbonyl (C=O) groups excluding carboxylic acids is 1. The molecular weight excluding hydrogens is 410 g/mol. The number of thiophene rings is 1. The number of aromatic nitrogens is 2. The number of halogens is 1. The smallest absolute Gasteiger partial charge is 0.278 e. The third kappa shape index (κ3) is 4.56. The average molecular weight is 430 g/mol. The lowest BCUT2D eigenvalue weighted by Gasteiger charge is -2.47. The molecule has 4 rings (SSSR count). The maximum absolute atomic E-state index is 12.9. The van der Waals surface area contributed by atoms with Gasteiger partial charge >= 0.3 is 0 Å². The van der Waals surface area contributed by atoms with E-state index in [0.717, 1.165) is 21.3 Å². The second-order valence-corrected chi connectivity index (χ2v) is 8.84. The van der Waals surface area contributed by atoms with Gasteiger partial charge in [0.2, 0.25) is 0 Å². The molecule has 2 N–H and O–H groups in total. The summed E-state index contributed by atoms with van der Waals surface area (Å²) in [6.07, 6.45) is 5.13. The van der Waals surface area contributed by atoms with Crippen LogP contribution in [0.15, 0.2) is 42.7 Å². The van der Waals surface area contributed by atoms with E-state index in [1.165, 1.54) is 17.7 Å². The number of nitrogen functional groups attached to an aromatic ring is 1. The Labute approximate surface area is 177 Å². The van der Waals surface area contributed by atoms with Gasteiger partial charge < -0.3 is 20.5 Å². The minimum absolute atomic E-state index is 0.0573. The molecule has 1 amide bonds. The van der Waals surface area contributed by atoms with Gasteiger partial charge in [0, 0.05) is 16.8 Å². The number of rotatable bonds is 5. The first-order chi connectivity index (χ1) is 13.9. The summed E-state index contributed by atoms with van der Waals surface area (Å²) >= 11 is 7.37. The Morgan fingerprint density at radius 3 is 2.93 bits per heavy atom. The van der Waals surface area contributed by atoms with Gasteiger partial charge in [0.05, 0.1) is 29.5 Å². The second kappa shape index (κ2) is 8.08. The first-order valence-electron chi connectivity index (χ1n) is 9.18. The van der Waals surface area contributed by atoms with E-state index in [1.54, 1.807) is 4.90 Å². The molecule has 1 fully saturated rings. The molecule has 2 aromatic heterocycles. The average Bonchev–Trinajstić information content (AvgIpc) is 3.09. The summed E-state index contributed by atoms with van der Waals surface area (Å²) in [5.41, 5.74) is 7.55. The Morgan fingerprint density at radius 2 is 2.17 bits per heavy atom. The number of benzene rings is 1. The van der Waals surface area contributed by atoms with Crippen LogP contribution >= 0.6 is 22.9 Å². The molecule has 1 aliphatic rings. The Balaban J connectivity index is 1.38. The van der Waals surface area contributed by atoms with Crippen molar-refractivity contribution >= 4 is 51.6 Å². The minimum atomic E-state index is -0.535. The molecule has 1 unspecified atom stereocenters. The molecular formula is C20H20ClN5O2S. The molecule has 1 aromatic carbocycles. The highest BCUT2D eigenvalue weighted by Gasteiger charge is 2.31. The zero-order chi connectivity index (χ0) is 20.4. The van der Waals surface area contributed by atoms with Crippen LogP contribution in [0.25, 0.3) is 17.0 Å². The number of nitrogens with zero attached hydrogens (tertiary/aromatic N) is 4. The van der Waals surface area contributed by atoms with E-state index in [0.29, 0.717) is 29.8 Å². The van der Waals surface area contributed by atoms with Crippen LogP contribution in [-0.2, 0) is 11.3 Å². The van der Waals surface area contributed by atoms with Gasteiger partial charge in [-0.1, -0.05) is 17.7 Å². The molecule has 1 saturated heterocycles. The van der Waals surface area contributed by atoms with Crippen molar-refractivity contribution in [1.82, 2.24) is 14.9 Å². The third-order valence-corrected chi connectivity index (χ3v) is 6.17. The fourth-order valence-electron chi connectivity index (χ4n) is 3.40. The molecule has 1 aliphatic heterocycles. The van der Waals surface area contributed by atoms with Gasteiger partial charge in [0.1, 0.15) is 12.1 Å². The van der Waals surface area contributed by atoms with E-state index < -0.39 is 4.65 Å². The number of amides is 1. The van der Waals surface area contributed by atoms with Crippen molar-refractivity contribution in [3.63, 3.8) is 0 Å². The monoisotopic (exact) mass is 429 g/mol. The summed E-state index contributed by atoms with van der Waals surface area (Å²) in [6.45, 7) is 1.44. The molecule has 0 bridgehead atoms. The van der Waals surface area contributed by atoms with Crippen LogP contribution in [-0.4, -0.2) is 51.6 Å². The van der Waals surface area contributed by atoms with E-state index in [9.17, 15) is 10.0 Å². The summed E-state index contributed by atoms with van der Waals surface area (Å²) in [6, 6.07) is 9.42. The van der Waals surface area contributed by atoms with E-state index in [2.05, 4.69) is 9.97 Å². The molecule has 7 nitrogen and oxygen atoms in total. The van der Waals surface area contributed by atoms with Gasteiger partial charge in [-0.15, -0.1) is 11.3 Å². The Hall–Kier alpha value is -2.52. The molecule has 3 aromatic rings. The van der Waals surface area contributed by atoms with Gasteiger partial charge in [-0.3, -0.25) is 4.79 Å². The summed E-state index contributed by atoms with van der Waals surface area (Å²) in [7, 11) is 0. The Bertz CT molecular complexity index is 1090. The van der Waals surface area contributed by atoms with Gasteiger partial charge in [0.15, 0.2) is 6.54 Å². The number of quaternary nitrogens is 1. The number of hydrogen-bond donors (Lipinski definition) is 1. The molecule has 0 aliphatic carbocycles. The fourth-order valence-corrected chi connectivity index (χ4v) is 4.39. The highest BCUT2D eigenvalue weighted by Crippen LogP contribution is 2.23. The lowest BCUT2D eigenvalue weighted by molar-refractivity contribution is -0.870.